The highest BCUT2D eigenvalue weighted by Crippen LogP contribution is 2.20. The van der Waals surface area contributed by atoms with Crippen molar-refractivity contribution in [3.8, 4) is 5.69 Å². The molecule has 2 heterocycles. The van der Waals surface area contributed by atoms with Gasteiger partial charge in [0.05, 0.1) is 29.4 Å². The van der Waals surface area contributed by atoms with Gasteiger partial charge in [-0.2, -0.15) is 9.40 Å². The minimum absolute atomic E-state index is 0.121. The molecule has 1 aliphatic heterocycles. The molecule has 8 nitrogen and oxygen atoms in total. The van der Waals surface area contributed by atoms with Gasteiger partial charge < -0.3 is 10.1 Å². The third-order valence-corrected chi connectivity index (χ3v) is 6.84. The zero-order valence-electron chi connectivity index (χ0n) is 16.6. The number of ether oxygens (including phenoxy) is 1. The number of benzene rings is 2. The van der Waals surface area contributed by atoms with Gasteiger partial charge in [0.15, 0.2) is 0 Å². The van der Waals surface area contributed by atoms with Gasteiger partial charge in [0.2, 0.25) is 10.0 Å². The first-order chi connectivity index (χ1) is 14.9. The van der Waals surface area contributed by atoms with Gasteiger partial charge in [-0.05, 0) is 42.0 Å². The quantitative estimate of drug-likeness (QED) is 0.627. The number of nitrogens with one attached hydrogen (secondary N) is 1. The molecule has 1 aliphatic rings. The molecule has 1 aromatic heterocycles. The van der Waals surface area contributed by atoms with Crippen LogP contribution < -0.4 is 5.32 Å². The number of hydrogen-bond donors (Lipinski definition) is 1. The van der Waals surface area contributed by atoms with Gasteiger partial charge in [-0.25, -0.2) is 17.5 Å². The number of morpholine rings is 1. The average Bonchev–Trinajstić information content (AvgIpc) is 3.33. The van der Waals surface area contributed by atoms with E-state index in [0.717, 1.165) is 23.4 Å². The maximum atomic E-state index is 14.3. The van der Waals surface area contributed by atoms with E-state index in [0.29, 0.717) is 13.2 Å². The summed E-state index contributed by atoms with van der Waals surface area (Å²) in [6.45, 7) is 1.20. The van der Waals surface area contributed by atoms with E-state index in [9.17, 15) is 17.6 Å². The monoisotopic (exact) mass is 444 g/mol. The van der Waals surface area contributed by atoms with E-state index in [1.54, 1.807) is 10.9 Å². The molecule has 162 valence electrons. The van der Waals surface area contributed by atoms with Crippen molar-refractivity contribution in [2.45, 2.75) is 11.4 Å². The predicted octanol–water partition coefficient (Wildman–Crippen LogP) is 1.96. The number of hydrogen-bond acceptors (Lipinski definition) is 5. The summed E-state index contributed by atoms with van der Waals surface area (Å²) < 4.78 is 48.0. The van der Waals surface area contributed by atoms with Crippen molar-refractivity contribution < 1.29 is 22.3 Å². The highest BCUT2D eigenvalue weighted by Gasteiger charge is 2.27. The summed E-state index contributed by atoms with van der Waals surface area (Å²) in [5.41, 5.74) is 1.36. The minimum atomic E-state index is -3.83. The second-order valence-corrected chi connectivity index (χ2v) is 8.90. The third-order valence-electron chi connectivity index (χ3n) is 4.95. The van der Waals surface area contributed by atoms with Crippen molar-refractivity contribution in [1.82, 2.24) is 19.4 Å². The molecule has 2 aromatic carbocycles. The minimum Gasteiger partial charge on any atom is -0.379 e. The van der Waals surface area contributed by atoms with E-state index in [4.69, 9.17) is 4.74 Å². The van der Waals surface area contributed by atoms with Crippen LogP contribution in [0, 0.1) is 5.82 Å². The first-order valence-electron chi connectivity index (χ1n) is 9.70. The molecular formula is C21H21FN4O4S. The van der Waals surface area contributed by atoms with Crippen LogP contribution >= 0.6 is 0 Å². The van der Waals surface area contributed by atoms with Crippen molar-refractivity contribution in [1.29, 1.82) is 0 Å². The summed E-state index contributed by atoms with van der Waals surface area (Å²) in [7, 11) is -3.83. The number of sulfonamides is 1. The van der Waals surface area contributed by atoms with Gasteiger partial charge in [0.25, 0.3) is 5.91 Å². The Bertz CT molecular complexity index is 1160. The van der Waals surface area contributed by atoms with E-state index < -0.39 is 21.7 Å². The van der Waals surface area contributed by atoms with Crippen molar-refractivity contribution in [2.75, 3.05) is 26.3 Å². The molecule has 0 aliphatic carbocycles. The lowest BCUT2D eigenvalue weighted by molar-refractivity contribution is 0.0730. The number of nitrogens with zero attached hydrogens (tertiary/aromatic N) is 3. The SMILES string of the molecule is O=C(NCc1ccc(-n2cccn2)cc1)c1cc(S(=O)(=O)N2CCOCC2)ccc1F. The Morgan fingerprint density at radius 1 is 1.13 bits per heavy atom. The van der Waals surface area contributed by atoms with Crippen LogP contribution in [0.25, 0.3) is 5.69 Å². The first kappa shape index (κ1) is 21.2. The molecule has 1 N–H and O–H groups in total. The maximum absolute atomic E-state index is 14.3. The maximum Gasteiger partial charge on any atom is 0.254 e. The van der Waals surface area contributed by atoms with Crippen LogP contribution in [0.5, 0.6) is 0 Å². The van der Waals surface area contributed by atoms with Gasteiger partial charge in [0.1, 0.15) is 5.82 Å². The van der Waals surface area contributed by atoms with Crippen LogP contribution in [0.3, 0.4) is 0 Å². The smallest absolute Gasteiger partial charge is 0.254 e. The molecule has 1 amide bonds. The fourth-order valence-electron chi connectivity index (χ4n) is 3.24. The standard InChI is InChI=1S/C21H21FN4O4S/c22-20-7-6-18(31(28,29)25-10-12-30-13-11-25)14-19(20)21(27)23-15-16-2-4-17(5-3-16)26-9-1-8-24-26/h1-9,14H,10-13,15H2,(H,23,27). The highest BCUT2D eigenvalue weighted by atomic mass is 32.2. The van der Waals surface area contributed by atoms with Gasteiger partial charge >= 0.3 is 0 Å². The van der Waals surface area contributed by atoms with E-state index in [1.165, 1.54) is 10.4 Å². The van der Waals surface area contributed by atoms with E-state index in [2.05, 4.69) is 10.4 Å². The molecule has 1 fully saturated rings. The van der Waals surface area contributed by atoms with Crippen LogP contribution in [0.15, 0.2) is 65.8 Å². The molecule has 0 spiro atoms. The normalized spacial score (nSPS) is 15.0. The Morgan fingerprint density at radius 3 is 2.55 bits per heavy atom. The average molecular weight is 444 g/mol. The Hall–Kier alpha value is -3.08. The molecule has 0 atom stereocenters. The van der Waals surface area contributed by atoms with Crippen LogP contribution in [-0.2, 0) is 21.3 Å². The molecule has 4 rings (SSSR count). The summed E-state index contributed by atoms with van der Waals surface area (Å²) in [4.78, 5) is 12.4. The predicted molar refractivity (Wildman–Crippen MR) is 111 cm³/mol. The lowest BCUT2D eigenvalue weighted by atomic mass is 10.1. The van der Waals surface area contributed by atoms with Crippen molar-refractivity contribution in [3.63, 3.8) is 0 Å². The third kappa shape index (κ3) is 4.66. The molecular weight excluding hydrogens is 423 g/mol. The number of carbonyl (C=O) groups is 1. The van der Waals surface area contributed by atoms with Crippen molar-refractivity contribution >= 4 is 15.9 Å². The van der Waals surface area contributed by atoms with Gasteiger partial charge in [-0.3, -0.25) is 4.79 Å². The molecule has 0 saturated carbocycles. The zero-order chi connectivity index (χ0) is 21.8. The van der Waals surface area contributed by atoms with Gasteiger partial charge in [-0.15, -0.1) is 0 Å². The van der Waals surface area contributed by atoms with Gasteiger partial charge in [-0.1, -0.05) is 12.1 Å². The molecule has 0 radical (unpaired) electrons. The summed E-state index contributed by atoms with van der Waals surface area (Å²) in [6.07, 6.45) is 3.49. The first-order valence-corrected chi connectivity index (χ1v) is 11.1. The summed E-state index contributed by atoms with van der Waals surface area (Å²) in [5.74, 6) is -1.47. The van der Waals surface area contributed by atoms with E-state index in [-0.39, 0.29) is 30.1 Å². The largest absolute Gasteiger partial charge is 0.379 e. The molecule has 0 unspecified atom stereocenters. The highest BCUT2D eigenvalue weighted by molar-refractivity contribution is 7.89. The Balaban J connectivity index is 1.46. The van der Waals surface area contributed by atoms with Crippen LogP contribution in [0.1, 0.15) is 15.9 Å². The Morgan fingerprint density at radius 2 is 1.87 bits per heavy atom. The number of carbonyl (C=O) groups excluding carboxylic acids is 1. The molecule has 3 aromatic rings. The van der Waals surface area contributed by atoms with Gasteiger partial charge in [0, 0.05) is 32.0 Å². The number of amides is 1. The lowest BCUT2D eigenvalue weighted by Crippen LogP contribution is -2.40. The molecule has 0 bridgehead atoms. The Kier molecular flexibility index (Phi) is 6.12. The molecule has 1 saturated heterocycles. The van der Waals surface area contributed by atoms with Crippen LogP contribution in [0.2, 0.25) is 0 Å². The fourth-order valence-corrected chi connectivity index (χ4v) is 4.68. The second-order valence-electron chi connectivity index (χ2n) is 6.96. The Labute approximate surface area is 179 Å². The van der Waals surface area contributed by atoms with E-state index in [1.807, 2.05) is 36.5 Å². The van der Waals surface area contributed by atoms with E-state index >= 15 is 0 Å². The number of rotatable bonds is 6. The van der Waals surface area contributed by atoms with Crippen molar-refractivity contribution in [2.24, 2.45) is 0 Å². The number of aromatic nitrogens is 2. The van der Waals surface area contributed by atoms with Crippen LogP contribution in [-0.4, -0.2) is 54.7 Å². The van der Waals surface area contributed by atoms with Crippen LogP contribution in [0.4, 0.5) is 4.39 Å². The zero-order valence-corrected chi connectivity index (χ0v) is 17.4. The van der Waals surface area contributed by atoms with Crippen molar-refractivity contribution in [3.05, 3.63) is 77.9 Å². The number of halogens is 1. The second kappa shape index (κ2) is 8.96. The molecule has 31 heavy (non-hydrogen) atoms. The lowest BCUT2D eigenvalue weighted by Gasteiger charge is -2.26. The fraction of sp³-hybridized carbons (Fsp3) is 0.238. The molecule has 10 heteroatoms. The summed E-state index contributed by atoms with van der Waals surface area (Å²) >= 11 is 0. The summed E-state index contributed by atoms with van der Waals surface area (Å²) in [5, 5.41) is 6.79. The summed E-state index contributed by atoms with van der Waals surface area (Å²) in [6, 6.07) is 12.4. The topological polar surface area (TPSA) is 93.5 Å².